The third kappa shape index (κ3) is 4.86. The highest BCUT2D eigenvalue weighted by Gasteiger charge is 2.05. The zero-order chi connectivity index (χ0) is 15.1. The molecular weight excluding hydrogens is 389 g/mol. The van der Waals surface area contributed by atoms with Gasteiger partial charge in [0.2, 0.25) is 0 Å². The molecule has 0 saturated heterocycles. The van der Waals surface area contributed by atoms with Crippen LogP contribution in [0.2, 0.25) is 0 Å². The van der Waals surface area contributed by atoms with Crippen molar-refractivity contribution in [3.05, 3.63) is 30.1 Å². The quantitative estimate of drug-likeness (QED) is 0.330. The molecule has 0 amide bonds. The number of guanidine groups is 1. The molecule has 1 aromatic heterocycles. The first-order valence-corrected chi connectivity index (χ1v) is 7.62. The first-order chi connectivity index (χ1) is 10.3. The van der Waals surface area contributed by atoms with Gasteiger partial charge in [0.15, 0.2) is 5.96 Å². The number of halogens is 1. The fourth-order valence-electron chi connectivity index (χ4n) is 2.39. The number of nitrogens with one attached hydrogen (secondary N) is 2. The highest BCUT2D eigenvalue weighted by atomic mass is 127. The van der Waals surface area contributed by atoms with Crippen molar-refractivity contribution < 1.29 is 0 Å². The monoisotopic (exact) mass is 415 g/mol. The first kappa shape index (κ1) is 18.7. The highest BCUT2D eigenvalue weighted by molar-refractivity contribution is 14.0. The van der Waals surface area contributed by atoms with E-state index in [2.05, 4.69) is 57.2 Å². The van der Waals surface area contributed by atoms with Gasteiger partial charge in [-0.15, -0.1) is 24.0 Å². The minimum Gasteiger partial charge on any atom is -0.356 e. The van der Waals surface area contributed by atoms with Crippen molar-refractivity contribution >= 4 is 41.0 Å². The van der Waals surface area contributed by atoms with Crippen LogP contribution >= 0.6 is 24.0 Å². The lowest BCUT2D eigenvalue weighted by Gasteiger charge is -2.12. The summed E-state index contributed by atoms with van der Waals surface area (Å²) in [6.45, 7) is 7.02. The summed E-state index contributed by atoms with van der Waals surface area (Å²) in [6.07, 6.45) is 2.13. The Kier molecular flexibility index (Phi) is 8.22. The molecule has 22 heavy (non-hydrogen) atoms. The normalized spacial score (nSPS) is 11.3. The molecule has 2 N–H and O–H groups in total. The number of imidazole rings is 1. The smallest absolute Gasteiger partial charge is 0.190 e. The van der Waals surface area contributed by atoms with E-state index in [0.29, 0.717) is 0 Å². The molecule has 6 heteroatoms. The minimum absolute atomic E-state index is 0. The van der Waals surface area contributed by atoms with Gasteiger partial charge in [0, 0.05) is 26.7 Å². The molecule has 0 aliphatic rings. The lowest BCUT2D eigenvalue weighted by molar-refractivity contribution is 0.624. The van der Waals surface area contributed by atoms with Gasteiger partial charge in [0.1, 0.15) is 5.82 Å². The maximum Gasteiger partial charge on any atom is 0.190 e. The molecule has 2 rings (SSSR count). The summed E-state index contributed by atoms with van der Waals surface area (Å²) in [4.78, 5) is 8.79. The molecule has 0 radical (unpaired) electrons. The maximum atomic E-state index is 4.59. The molecule has 0 aliphatic carbocycles. The fraction of sp³-hybridized carbons (Fsp3) is 0.500. The molecule has 0 fully saturated rings. The lowest BCUT2D eigenvalue weighted by atomic mass is 10.3. The van der Waals surface area contributed by atoms with Gasteiger partial charge in [-0.3, -0.25) is 4.99 Å². The van der Waals surface area contributed by atoms with E-state index < -0.39 is 0 Å². The van der Waals surface area contributed by atoms with Crippen molar-refractivity contribution in [2.75, 3.05) is 20.1 Å². The largest absolute Gasteiger partial charge is 0.356 e. The van der Waals surface area contributed by atoms with Crippen LogP contribution in [-0.4, -0.2) is 35.6 Å². The predicted octanol–water partition coefficient (Wildman–Crippen LogP) is 2.93. The van der Waals surface area contributed by atoms with Crippen LogP contribution in [0.15, 0.2) is 29.3 Å². The van der Waals surface area contributed by atoms with Gasteiger partial charge in [-0.05, 0) is 31.9 Å². The highest BCUT2D eigenvalue weighted by Crippen LogP contribution is 2.15. The third-order valence-electron chi connectivity index (χ3n) is 3.46. The van der Waals surface area contributed by atoms with E-state index in [1.54, 1.807) is 7.05 Å². The molecule has 0 unspecified atom stereocenters. The van der Waals surface area contributed by atoms with E-state index in [9.17, 15) is 0 Å². The number of benzene rings is 1. The number of para-hydroxylation sites is 2. The molecule has 0 bridgehead atoms. The van der Waals surface area contributed by atoms with Gasteiger partial charge in [-0.25, -0.2) is 4.98 Å². The summed E-state index contributed by atoms with van der Waals surface area (Å²) in [7, 11) is 1.80. The van der Waals surface area contributed by atoms with E-state index in [1.165, 1.54) is 5.52 Å². The number of aliphatic imine (C=N–C) groups is 1. The Balaban J connectivity index is 0.00000242. The second-order valence-electron chi connectivity index (χ2n) is 5.08. The Morgan fingerprint density at radius 1 is 1.23 bits per heavy atom. The Bertz CT molecular complexity index is 606. The number of aromatic nitrogens is 2. The number of fused-ring (bicyclic) bond motifs is 1. The Morgan fingerprint density at radius 3 is 2.68 bits per heavy atom. The van der Waals surface area contributed by atoms with E-state index in [4.69, 9.17) is 0 Å². The SMILES string of the molecule is CCCNC(=NC)NCCCn1c(C)nc2ccccc21.I. The molecule has 0 aliphatic heterocycles. The van der Waals surface area contributed by atoms with Gasteiger partial charge < -0.3 is 15.2 Å². The number of nitrogens with zero attached hydrogens (tertiary/aromatic N) is 3. The minimum atomic E-state index is 0. The van der Waals surface area contributed by atoms with Crippen LogP contribution in [-0.2, 0) is 6.54 Å². The van der Waals surface area contributed by atoms with Crippen LogP contribution in [0.4, 0.5) is 0 Å². The van der Waals surface area contributed by atoms with E-state index in [1.807, 2.05) is 6.07 Å². The van der Waals surface area contributed by atoms with Crippen molar-refractivity contribution in [1.29, 1.82) is 0 Å². The summed E-state index contributed by atoms with van der Waals surface area (Å²) >= 11 is 0. The van der Waals surface area contributed by atoms with Gasteiger partial charge in [0.25, 0.3) is 0 Å². The second-order valence-corrected chi connectivity index (χ2v) is 5.08. The Hall–Kier alpha value is -1.31. The van der Waals surface area contributed by atoms with Crippen molar-refractivity contribution in [3.63, 3.8) is 0 Å². The molecule has 0 saturated carbocycles. The molecule has 1 aromatic carbocycles. The van der Waals surface area contributed by atoms with Crippen molar-refractivity contribution in [1.82, 2.24) is 20.2 Å². The average Bonchev–Trinajstić information content (AvgIpc) is 2.82. The number of hydrogen-bond donors (Lipinski definition) is 2. The van der Waals surface area contributed by atoms with E-state index in [-0.39, 0.29) is 24.0 Å². The Morgan fingerprint density at radius 2 is 1.95 bits per heavy atom. The average molecular weight is 415 g/mol. The fourth-order valence-corrected chi connectivity index (χ4v) is 2.39. The topological polar surface area (TPSA) is 54.2 Å². The summed E-state index contributed by atoms with van der Waals surface area (Å²) < 4.78 is 2.28. The van der Waals surface area contributed by atoms with Gasteiger partial charge in [0.05, 0.1) is 11.0 Å². The molecule has 5 nitrogen and oxygen atoms in total. The van der Waals surface area contributed by atoms with Gasteiger partial charge in [-0.1, -0.05) is 19.1 Å². The molecule has 1 heterocycles. The van der Waals surface area contributed by atoms with Crippen molar-refractivity contribution in [2.45, 2.75) is 33.2 Å². The van der Waals surface area contributed by atoms with E-state index >= 15 is 0 Å². The zero-order valence-electron chi connectivity index (χ0n) is 13.6. The first-order valence-electron chi connectivity index (χ1n) is 7.62. The molecular formula is C16H26IN5. The Labute approximate surface area is 149 Å². The van der Waals surface area contributed by atoms with Crippen LogP contribution in [0, 0.1) is 6.92 Å². The molecule has 0 atom stereocenters. The van der Waals surface area contributed by atoms with Crippen LogP contribution < -0.4 is 10.6 Å². The third-order valence-corrected chi connectivity index (χ3v) is 3.46. The van der Waals surface area contributed by atoms with Gasteiger partial charge in [-0.2, -0.15) is 0 Å². The summed E-state index contributed by atoms with van der Waals surface area (Å²) in [5.41, 5.74) is 2.28. The summed E-state index contributed by atoms with van der Waals surface area (Å²) in [5.74, 6) is 1.95. The maximum absolute atomic E-state index is 4.59. The number of hydrogen-bond acceptors (Lipinski definition) is 2. The van der Waals surface area contributed by atoms with Crippen LogP contribution in [0.5, 0.6) is 0 Å². The zero-order valence-corrected chi connectivity index (χ0v) is 15.9. The van der Waals surface area contributed by atoms with Crippen LogP contribution in [0.25, 0.3) is 11.0 Å². The number of aryl methyl sites for hydroxylation is 2. The van der Waals surface area contributed by atoms with Crippen molar-refractivity contribution in [3.8, 4) is 0 Å². The second kappa shape index (κ2) is 9.66. The standard InChI is InChI=1S/C16H25N5.HI/c1-4-10-18-16(17-3)19-11-7-12-21-13(2)20-14-8-5-6-9-15(14)21;/h5-6,8-9H,4,7,10-12H2,1-3H3,(H2,17,18,19);1H. The lowest BCUT2D eigenvalue weighted by Crippen LogP contribution is -2.38. The predicted molar refractivity (Wildman–Crippen MR) is 104 cm³/mol. The van der Waals surface area contributed by atoms with Crippen LogP contribution in [0.3, 0.4) is 0 Å². The molecule has 122 valence electrons. The molecule has 0 spiro atoms. The van der Waals surface area contributed by atoms with Crippen molar-refractivity contribution in [2.24, 2.45) is 4.99 Å². The van der Waals surface area contributed by atoms with Gasteiger partial charge >= 0.3 is 0 Å². The number of rotatable bonds is 6. The van der Waals surface area contributed by atoms with Crippen LogP contribution in [0.1, 0.15) is 25.6 Å². The summed E-state index contributed by atoms with van der Waals surface area (Å²) in [5, 5.41) is 6.61. The summed E-state index contributed by atoms with van der Waals surface area (Å²) in [6, 6.07) is 8.29. The molecule has 2 aromatic rings. The van der Waals surface area contributed by atoms with E-state index in [0.717, 1.165) is 49.8 Å².